The SMILES string of the molecule is CCOC(=O)[C@H]1C=CN(S(C)(=O)=O)[C@@H](OCC)C1. The molecule has 0 spiro atoms. The molecule has 0 unspecified atom stereocenters. The highest BCUT2D eigenvalue weighted by molar-refractivity contribution is 7.88. The van der Waals surface area contributed by atoms with Crippen molar-refractivity contribution in [3.05, 3.63) is 12.3 Å². The van der Waals surface area contributed by atoms with E-state index in [1.165, 1.54) is 12.3 Å². The minimum absolute atomic E-state index is 0.274. The molecule has 6 nitrogen and oxygen atoms in total. The maximum atomic E-state index is 11.6. The van der Waals surface area contributed by atoms with Gasteiger partial charge in [0.15, 0.2) is 0 Å². The van der Waals surface area contributed by atoms with E-state index >= 15 is 0 Å². The lowest BCUT2D eigenvalue weighted by Gasteiger charge is -2.33. The lowest BCUT2D eigenvalue weighted by molar-refractivity contribution is -0.148. The van der Waals surface area contributed by atoms with Crippen molar-refractivity contribution in [3.63, 3.8) is 0 Å². The van der Waals surface area contributed by atoms with Crippen LogP contribution in [0.25, 0.3) is 0 Å². The van der Waals surface area contributed by atoms with E-state index in [4.69, 9.17) is 9.47 Å². The van der Waals surface area contributed by atoms with Crippen molar-refractivity contribution in [2.45, 2.75) is 26.5 Å². The third-order valence-corrected chi connectivity index (χ3v) is 3.66. The van der Waals surface area contributed by atoms with Crippen LogP contribution in [-0.2, 0) is 24.3 Å². The zero-order valence-electron chi connectivity index (χ0n) is 10.8. The summed E-state index contributed by atoms with van der Waals surface area (Å²) in [5, 5.41) is 0. The maximum Gasteiger partial charge on any atom is 0.313 e. The molecule has 0 aliphatic carbocycles. The summed E-state index contributed by atoms with van der Waals surface area (Å²) in [6.07, 6.45) is 3.64. The number of hydrogen-bond acceptors (Lipinski definition) is 5. The van der Waals surface area contributed by atoms with Crippen LogP contribution < -0.4 is 0 Å². The molecule has 0 saturated carbocycles. The molecule has 0 aromatic rings. The van der Waals surface area contributed by atoms with Crippen LogP contribution >= 0.6 is 0 Å². The molecule has 0 aromatic heterocycles. The molecule has 0 radical (unpaired) electrons. The summed E-state index contributed by atoms with van der Waals surface area (Å²) >= 11 is 0. The largest absolute Gasteiger partial charge is 0.466 e. The number of ether oxygens (including phenoxy) is 2. The van der Waals surface area contributed by atoms with Gasteiger partial charge in [0.05, 0.1) is 18.8 Å². The van der Waals surface area contributed by atoms with Crippen LogP contribution in [0.4, 0.5) is 0 Å². The molecule has 1 aliphatic rings. The first-order valence-corrected chi connectivity index (χ1v) is 7.70. The first-order chi connectivity index (χ1) is 8.40. The van der Waals surface area contributed by atoms with Crippen LogP contribution in [0.1, 0.15) is 20.3 Å². The predicted octanol–water partition coefficient (Wildman–Crippen LogP) is 0.707. The summed E-state index contributed by atoms with van der Waals surface area (Å²) in [5.41, 5.74) is 0. The Labute approximate surface area is 108 Å². The third kappa shape index (κ3) is 3.71. The molecule has 104 valence electrons. The normalized spacial score (nSPS) is 24.1. The van der Waals surface area contributed by atoms with Crippen LogP contribution in [-0.4, -0.2) is 44.4 Å². The monoisotopic (exact) mass is 277 g/mol. The molecule has 1 rings (SSSR count). The van der Waals surface area contributed by atoms with Gasteiger partial charge in [-0.25, -0.2) is 8.42 Å². The van der Waals surface area contributed by atoms with Crippen LogP contribution in [0.2, 0.25) is 0 Å². The molecule has 7 heteroatoms. The van der Waals surface area contributed by atoms with E-state index in [2.05, 4.69) is 0 Å². The average molecular weight is 277 g/mol. The number of esters is 1. The molecule has 0 aromatic carbocycles. The van der Waals surface area contributed by atoms with Gasteiger partial charge in [-0.1, -0.05) is 6.08 Å². The number of rotatable bonds is 5. The molecule has 1 heterocycles. The highest BCUT2D eigenvalue weighted by Crippen LogP contribution is 2.24. The summed E-state index contributed by atoms with van der Waals surface area (Å²) in [6, 6.07) is 0. The average Bonchev–Trinajstić information content (AvgIpc) is 2.28. The first-order valence-electron chi connectivity index (χ1n) is 5.85. The number of carbonyl (C=O) groups is 1. The summed E-state index contributed by atoms with van der Waals surface area (Å²) in [6.45, 7) is 4.18. The van der Waals surface area contributed by atoms with Crippen molar-refractivity contribution < 1.29 is 22.7 Å². The van der Waals surface area contributed by atoms with E-state index in [1.807, 2.05) is 0 Å². The molecule has 1 aliphatic heterocycles. The van der Waals surface area contributed by atoms with Gasteiger partial charge in [0, 0.05) is 19.2 Å². The number of carbonyl (C=O) groups excluding carboxylic acids is 1. The Morgan fingerprint density at radius 2 is 2.06 bits per heavy atom. The van der Waals surface area contributed by atoms with Crippen molar-refractivity contribution >= 4 is 16.0 Å². The van der Waals surface area contributed by atoms with Crippen LogP contribution in [0.15, 0.2) is 12.3 Å². The number of nitrogens with zero attached hydrogens (tertiary/aromatic N) is 1. The molecule has 18 heavy (non-hydrogen) atoms. The highest BCUT2D eigenvalue weighted by atomic mass is 32.2. The second-order valence-corrected chi connectivity index (χ2v) is 5.83. The number of sulfonamides is 1. The topological polar surface area (TPSA) is 72.9 Å². The second-order valence-electron chi connectivity index (χ2n) is 3.94. The highest BCUT2D eigenvalue weighted by Gasteiger charge is 2.33. The zero-order chi connectivity index (χ0) is 13.8. The van der Waals surface area contributed by atoms with Gasteiger partial charge in [-0.2, -0.15) is 0 Å². The summed E-state index contributed by atoms with van der Waals surface area (Å²) in [7, 11) is -3.39. The Bertz CT molecular complexity index is 417. The van der Waals surface area contributed by atoms with Gasteiger partial charge >= 0.3 is 5.97 Å². The zero-order valence-corrected chi connectivity index (χ0v) is 11.6. The van der Waals surface area contributed by atoms with Gasteiger partial charge in [0.2, 0.25) is 10.0 Å². The maximum absolute atomic E-state index is 11.6. The van der Waals surface area contributed by atoms with Crippen LogP contribution in [0.3, 0.4) is 0 Å². The minimum Gasteiger partial charge on any atom is -0.466 e. The fourth-order valence-corrected chi connectivity index (χ4v) is 2.63. The fraction of sp³-hybridized carbons (Fsp3) is 0.727. The Morgan fingerprint density at radius 3 is 2.56 bits per heavy atom. The van der Waals surface area contributed by atoms with E-state index in [0.29, 0.717) is 13.2 Å². The van der Waals surface area contributed by atoms with Crippen molar-refractivity contribution in [2.24, 2.45) is 5.92 Å². The van der Waals surface area contributed by atoms with E-state index in [9.17, 15) is 13.2 Å². The summed E-state index contributed by atoms with van der Waals surface area (Å²) < 4.78 is 34.5. The van der Waals surface area contributed by atoms with Gasteiger partial charge in [-0.3, -0.25) is 9.10 Å². The summed E-state index contributed by atoms with van der Waals surface area (Å²) in [4.78, 5) is 11.6. The Morgan fingerprint density at radius 1 is 1.39 bits per heavy atom. The second kappa shape index (κ2) is 6.19. The van der Waals surface area contributed by atoms with Crippen LogP contribution in [0.5, 0.6) is 0 Å². The van der Waals surface area contributed by atoms with E-state index in [0.717, 1.165) is 10.6 Å². The minimum atomic E-state index is -3.39. The fourth-order valence-electron chi connectivity index (χ4n) is 1.77. The van der Waals surface area contributed by atoms with E-state index in [1.54, 1.807) is 13.8 Å². The molecule has 0 saturated heterocycles. The standard InChI is InChI=1S/C11H19NO5S/c1-4-16-10-8-9(11(13)17-5-2)6-7-12(10)18(3,14)15/h6-7,9-10H,4-5,8H2,1-3H3/t9-,10-/m0/s1. The van der Waals surface area contributed by atoms with Gasteiger partial charge in [-0.05, 0) is 13.8 Å². The smallest absolute Gasteiger partial charge is 0.313 e. The molecule has 0 amide bonds. The van der Waals surface area contributed by atoms with Crippen LogP contribution in [0, 0.1) is 5.92 Å². The van der Waals surface area contributed by atoms with Gasteiger partial charge in [0.1, 0.15) is 6.23 Å². The Kier molecular flexibility index (Phi) is 5.15. The lowest BCUT2D eigenvalue weighted by Crippen LogP contribution is -2.42. The van der Waals surface area contributed by atoms with Crippen molar-refractivity contribution in [3.8, 4) is 0 Å². The lowest BCUT2D eigenvalue weighted by atomic mass is 10.0. The van der Waals surface area contributed by atoms with Crippen molar-refractivity contribution in [1.82, 2.24) is 4.31 Å². The first kappa shape index (κ1) is 15.0. The van der Waals surface area contributed by atoms with Crippen molar-refractivity contribution in [1.29, 1.82) is 0 Å². The number of hydrogen-bond donors (Lipinski definition) is 0. The summed E-state index contributed by atoms with van der Waals surface area (Å²) in [5.74, 6) is -0.814. The van der Waals surface area contributed by atoms with E-state index < -0.39 is 22.2 Å². The molecule has 0 N–H and O–H groups in total. The van der Waals surface area contributed by atoms with E-state index in [-0.39, 0.29) is 12.4 Å². The molecule has 2 atom stereocenters. The van der Waals surface area contributed by atoms with Gasteiger partial charge in [-0.15, -0.1) is 0 Å². The quantitative estimate of drug-likeness (QED) is 0.692. The molecular formula is C11H19NO5S. The third-order valence-electron chi connectivity index (χ3n) is 2.54. The van der Waals surface area contributed by atoms with Gasteiger partial charge in [0.25, 0.3) is 0 Å². The molecule has 0 fully saturated rings. The molecular weight excluding hydrogens is 258 g/mol. The predicted molar refractivity (Wildman–Crippen MR) is 66.0 cm³/mol. The Balaban J connectivity index is 2.86. The Hall–Kier alpha value is -1.08. The van der Waals surface area contributed by atoms with Gasteiger partial charge < -0.3 is 9.47 Å². The molecule has 0 bridgehead atoms. The van der Waals surface area contributed by atoms with Crippen molar-refractivity contribution in [2.75, 3.05) is 19.5 Å².